The Kier molecular flexibility index (Phi) is 17.0. The molecule has 0 N–H and O–H groups in total. The Morgan fingerprint density at radius 3 is 1.58 bits per heavy atom. The molecule has 8 aromatic rings. The molecule has 7 heteroatoms. The molecule has 1 aliphatic rings. The summed E-state index contributed by atoms with van der Waals surface area (Å²) in [6.07, 6.45) is 8.64. The molecule has 0 radical (unpaired) electrons. The van der Waals surface area contributed by atoms with Gasteiger partial charge in [0.05, 0.1) is 12.5 Å². The molecule has 3 aromatic heterocycles. The molecule has 0 saturated carbocycles. The van der Waals surface area contributed by atoms with Gasteiger partial charge in [0.1, 0.15) is 0 Å². The van der Waals surface area contributed by atoms with Crippen LogP contribution in [-0.2, 0) is 42.5 Å². The molecule has 6 nitrogen and oxygen atoms in total. The van der Waals surface area contributed by atoms with E-state index in [1.54, 1.807) is 18.6 Å². The fourth-order valence-electron chi connectivity index (χ4n) is 7.38. The normalized spacial score (nSPS) is 12.0. The quantitative estimate of drug-likeness (QED) is 0.0950. The summed E-state index contributed by atoms with van der Waals surface area (Å²) in [6, 6.07) is 66.2. The summed E-state index contributed by atoms with van der Waals surface area (Å²) in [6.45, 7) is 4.55. The van der Waals surface area contributed by atoms with Crippen molar-refractivity contribution in [1.82, 2.24) is 15.0 Å². The third kappa shape index (κ3) is 12.3. The van der Waals surface area contributed by atoms with Crippen LogP contribution in [-0.4, -0.2) is 33.6 Å². The van der Waals surface area contributed by atoms with Gasteiger partial charge in [-0.3, -0.25) is 4.79 Å². The maximum Gasteiger partial charge on any atom is 3.00 e. The van der Waals surface area contributed by atoms with Crippen LogP contribution in [0.15, 0.2) is 188 Å². The third-order valence-electron chi connectivity index (χ3n) is 10.5. The third-order valence-corrected chi connectivity index (χ3v) is 10.5. The van der Waals surface area contributed by atoms with Crippen LogP contribution < -0.4 is 4.90 Å². The molecular weight excluding hydrogens is 941 g/mol. The number of fused-ring (bicyclic) bond motifs is 2. The Labute approximate surface area is 380 Å². The maximum atomic E-state index is 13.0. The molecule has 2 unspecified atom stereocenters. The largest absolute Gasteiger partial charge is 3.00 e. The minimum absolute atomic E-state index is 0. The zero-order valence-electron chi connectivity index (χ0n) is 35.0. The van der Waals surface area contributed by atoms with E-state index < -0.39 is 0 Å². The molecular formula is C55H49IrN4O2. The first-order valence-electron chi connectivity index (χ1n) is 20.9. The van der Waals surface area contributed by atoms with Crippen molar-refractivity contribution in [3.8, 4) is 33.8 Å². The van der Waals surface area contributed by atoms with E-state index >= 15 is 0 Å². The van der Waals surface area contributed by atoms with Crippen LogP contribution in [0.3, 0.4) is 0 Å². The van der Waals surface area contributed by atoms with Crippen molar-refractivity contribution >= 4 is 17.3 Å². The van der Waals surface area contributed by atoms with Gasteiger partial charge in [0.25, 0.3) is 0 Å². The Morgan fingerprint density at radius 1 is 0.613 bits per heavy atom. The zero-order valence-corrected chi connectivity index (χ0v) is 37.4. The molecule has 0 spiro atoms. The Bertz CT molecular complexity index is 2350. The van der Waals surface area contributed by atoms with Crippen LogP contribution in [0, 0.1) is 24.1 Å². The predicted molar refractivity (Wildman–Crippen MR) is 246 cm³/mol. The number of rotatable bonds is 11. The van der Waals surface area contributed by atoms with E-state index in [4.69, 9.17) is 4.74 Å². The van der Waals surface area contributed by atoms with Gasteiger partial charge in [0, 0.05) is 42.4 Å². The first-order chi connectivity index (χ1) is 30.1. The predicted octanol–water partition coefficient (Wildman–Crippen LogP) is 12.3. The SMILES string of the molecule is CCC(CC(C)C(=O)OCCc1cc[c-]c(-c2ccccn2)c1)N1c2ccccc2Cc2ccccc21.[Ir+3].[c-]1ccccc1-c1ccccn1.[c-]1ccccc1-c1ccccn1. The smallest absolute Gasteiger partial charge is 0.465 e. The van der Waals surface area contributed by atoms with Gasteiger partial charge in [-0.1, -0.05) is 86.6 Å². The van der Waals surface area contributed by atoms with Gasteiger partial charge < -0.3 is 24.6 Å². The molecule has 0 saturated heterocycles. The molecule has 1 aliphatic heterocycles. The Balaban J connectivity index is 0.000000207. The number of hydrogen-bond donors (Lipinski definition) is 0. The van der Waals surface area contributed by atoms with E-state index in [-0.39, 0.29) is 38.0 Å². The number of aromatic nitrogens is 3. The summed E-state index contributed by atoms with van der Waals surface area (Å²) in [5.74, 6) is -0.330. The summed E-state index contributed by atoms with van der Waals surface area (Å²) >= 11 is 0. The number of anilines is 2. The fourth-order valence-corrected chi connectivity index (χ4v) is 7.38. The zero-order chi connectivity index (χ0) is 42.1. The van der Waals surface area contributed by atoms with Crippen LogP contribution >= 0.6 is 0 Å². The molecule has 62 heavy (non-hydrogen) atoms. The molecule has 5 aromatic carbocycles. The van der Waals surface area contributed by atoms with Gasteiger partial charge in [-0.25, -0.2) is 0 Å². The summed E-state index contributed by atoms with van der Waals surface area (Å²) in [4.78, 5) is 28.3. The Morgan fingerprint density at radius 2 is 1.10 bits per heavy atom. The molecule has 2 atom stereocenters. The molecule has 0 amide bonds. The van der Waals surface area contributed by atoms with Crippen molar-refractivity contribution in [2.75, 3.05) is 11.5 Å². The molecule has 9 rings (SSSR count). The van der Waals surface area contributed by atoms with Crippen LogP contribution in [0.1, 0.15) is 43.4 Å². The fraction of sp³-hybridized carbons (Fsp3) is 0.164. The molecule has 0 fully saturated rings. The van der Waals surface area contributed by atoms with E-state index in [1.165, 1.54) is 22.5 Å². The average molecular weight is 990 g/mol. The van der Waals surface area contributed by atoms with Gasteiger partial charge in [-0.2, -0.15) is 0 Å². The summed E-state index contributed by atoms with van der Waals surface area (Å²) < 4.78 is 5.74. The van der Waals surface area contributed by atoms with Crippen LogP contribution in [0.4, 0.5) is 11.4 Å². The second kappa shape index (κ2) is 23.5. The van der Waals surface area contributed by atoms with E-state index in [9.17, 15) is 4.79 Å². The number of para-hydroxylation sites is 2. The first-order valence-corrected chi connectivity index (χ1v) is 20.9. The summed E-state index contributed by atoms with van der Waals surface area (Å²) in [5.41, 5.74) is 12.1. The summed E-state index contributed by atoms with van der Waals surface area (Å²) in [5, 5.41) is 0. The second-order valence-corrected chi connectivity index (χ2v) is 14.7. The standard InChI is InChI=1S/C33H33N2O2.2C11H8N.Ir/c1-3-29(35-31-16-6-4-12-27(31)23-28-13-5-7-17-32(28)35)21-24(2)33(36)37-20-18-25-11-10-14-26(22-25)30-15-8-9-19-34-30;2*1-2-6-10(7-3-1)11-8-4-5-9-12-11;/h4-13,15-17,19,22,24,29H,3,18,20-21,23H2,1-2H3;2*1-6,8-9H;/q3*-1;+3. The number of carbonyl (C=O) groups excluding carboxylic acids is 1. The molecule has 0 bridgehead atoms. The maximum absolute atomic E-state index is 13.0. The van der Waals surface area contributed by atoms with Crippen LogP contribution in [0.25, 0.3) is 33.8 Å². The van der Waals surface area contributed by atoms with Crippen LogP contribution in [0.2, 0.25) is 0 Å². The number of nitrogens with zero attached hydrogens (tertiary/aromatic N) is 4. The van der Waals surface area contributed by atoms with Crippen molar-refractivity contribution in [3.63, 3.8) is 0 Å². The topological polar surface area (TPSA) is 68.2 Å². The van der Waals surface area contributed by atoms with Gasteiger partial charge >= 0.3 is 26.1 Å². The molecule has 4 heterocycles. The van der Waals surface area contributed by atoms with Crippen LogP contribution in [0.5, 0.6) is 0 Å². The minimum Gasteiger partial charge on any atom is -0.465 e. The van der Waals surface area contributed by atoms with Gasteiger partial charge in [0.15, 0.2) is 0 Å². The molecule has 310 valence electrons. The number of esters is 1. The number of ether oxygens (including phenoxy) is 1. The van der Waals surface area contributed by atoms with Gasteiger partial charge in [-0.15, -0.1) is 107 Å². The minimum atomic E-state index is -0.195. The van der Waals surface area contributed by atoms with Crippen molar-refractivity contribution in [1.29, 1.82) is 0 Å². The number of pyridine rings is 3. The monoisotopic (exact) mass is 990 g/mol. The van der Waals surface area contributed by atoms with Crippen molar-refractivity contribution < 1.29 is 29.6 Å². The average Bonchev–Trinajstić information content (AvgIpc) is 3.34. The van der Waals surface area contributed by atoms with Crippen molar-refractivity contribution in [2.45, 2.75) is 45.6 Å². The van der Waals surface area contributed by atoms with E-state index in [0.29, 0.717) is 13.0 Å². The second-order valence-electron chi connectivity index (χ2n) is 14.7. The van der Waals surface area contributed by atoms with Gasteiger partial charge in [0.2, 0.25) is 0 Å². The Hall–Kier alpha value is -6.53. The first kappa shape index (κ1) is 45.0. The number of hydrogen-bond acceptors (Lipinski definition) is 6. The number of benzene rings is 5. The van der Waals surface area contributed by atoms with E-state index in [1.807, 2.05) is 122 Å². The van der Waals surface area contributed by atoms with Crippen molar-refractivity contribution in [2.24, 2.45) is 5.92 Å². The van der Waals surface area contributed by atoms with E-state index in [2.05, 4.69) is 99.6 Å². The van der Waals surface area contributed by atoms with Crippen molar-refractivity contribution in [3.05, 3.63) is 223 Å². The van der Waals surface area contributed by atoms with Gasteiger partial charge in [-0.05, 0) is 77.8 Å². The molecule has 0 aliphatic carbocycles. The summed E-state index contributed by atoms with van der Waals surface area (Å²) in [7, 11) is 0. The van der Waals surface area contributed by atoms with E-state index in [0.717, 1.165) is 58.6 Å². The number of carbonyl (C=O) groups is 1.